The average Bonchev–Trinajstić information content (AvgIpc) is 2.99. The fourth-order valence-electron chi connectivity index (χ4n) is 2.71. The maximum Gasteiger partial charge on any atom is 0.311 e. The Balaban J connectivity index is 1.95. The van der Waals surface area contributed by atoms with E-state index in [-0.39, 0.29) is 12.5 Å². The molecule has 1 N–H and O–H groups in total. The van der Waals surface area contributed by atoms with Crippen LogP contribution in [-0.4, -0.2) is 49.6 Å². The third kappa shape index (κ3) is 2.05. The molecule has 2 aromatic rings. The van der Waals surface area contributed by atoms with Gasteiger partial charge in [-0.05, 0) is 26.3 Å². The summed E-state index contributed by atoms with van der Waals surface area (Å²) in [6, 6.07) is 1.74. The van der Waals surface area contributed by atoms with Gasteiger partial charge in [0, 0.05) is 25.5 Å². The lowest BCUT2D eigenvalue weighted by Crippen LogP contribution is -2.35. The number of amides is 1. The second kappa shape index (κ2) is 4.54. The molecule has 110 valence electrons. The van der Waals surface area contributed by atoms with E-state index < -0.39 is 11.4 Å². The van der Waals surface area contributed by atoms with Gasteiger partial charge in [0.2, 0.25) is 0 Å². The van der Waals surface area contributed by atoms with Crippen LogP contribution in [0.2, 0.25) is 0 Å². The van der Waals surface area contributed by atoms with Crippen molar-refractivity contribution in [1.82, 2.24) is 19.5 Å². The lowest BCUT2D eigenvalue weighted by atomic mass is 9.90. The highest BCUT2D eigenvalue weighted by Gasteiger charge is 2.43. The van der Waals surface area contributed by atoms with Gasteiger partial charge in [0.1, 0.15) is 5.56 Å². The first-order chi connectivity index (χ1) is 9.92. The molecule has 0 radical (unpaired) electrons. The van der Waals surface area contributed by atoms with Gasteiger partial charge in [-0.1, -0.05) is 0 Å². The number of carboxylic acids is 1. The van der Waals surface area contributed by atoms with Gasteiger partial charge in [-0.15, -0.1) is 0 Å². The summed E-state index contributed by atoms with van der Waals surface area (Å²) in [6.45, 7) is 4.08. The maximum atomic E-state index is 12.7. The average molecular weight is 288 g/mol. The smallest absolute Gasteiger partial charge is 0.311 e. The summed E-state index contributed by atoms with van der Waals surface area (Å²) in [4.78, 5) is 29.8. The molecular formula is C14H16N4O3. The first-order valence-electron chi connectivity index (χ1n) is 6.75. The largest absolute Gasteiger partial charge is 0.481 e. The first kappa shape index (κ1) is 13.5. The van der Waals surface area contributed by atoms with E-state index in [1.54, 1.807) is 41.7 Å². The van der Waals surface area contributed by atoms with Crippen molar-refractivity contribution in [2.45, 2.75) is 20.3 Å². The van der Waals surface area contributed by atoms with Crippen molar-refractivity contribution in [3.8, 4) is 0 Å². The van der Waals surface area contributed by atoms with Crippen LogP contribution in [0.15, 0.2) is 18.5 Å². The molecule has 0 bridgehead atoms. The summed E-state index contributed by atoms with van der Waals surface area (Å²) < 4.78 is 1.56. The Hall–Kier alpha value is -2.44. The molecule has 0 aromatic carbocycles. The molecule has 1 amide bonds. The van der Waals surface area contributed by atoms with Crippen molar-refractivity contribution in [3.63, 3.8) is 0 Å². The second-order valence-corrected chi connectivity index (χ2v) is 5.69. The highest BCUT2D eigenvalue weighted by atomic mass is 16.4. The minimum atomic E-state index is -0.875. The van der Waals surface area contributed by atoms with Crippen LogP contribution in [0.25, 0.3) is 5.65 Å². The van der Waals surface area contributed by atoms with Crippen LogP contribution in [0.1, 0.15) is 29.4 Å². The molecule has 3 rings (SSSR count). The van der Waals surface area contributed by atoms with Gasteiger partial charge in [-0.2, -0.15) is 5.10 Å². The SMILES string of the molecule is Cc1nn2cccnc2c1C(=O)N1CC[C@@](C)(C(=O)O)C1. The zero-order valence-electron chi connectivity index (χ0n) is 11.9. The summed E-state index contributed by atoms with van der Waals surface area (Å²) in [5.74, 6) is -1.07. The van der Waals surface area contributed by atoms with Crippen LogP contribution in [0.3, 0.4) is 0 Å². The van der Waals surface area contributed by atoms with Crippen molar-refractivity contribution in [1.29, 1.82) is 0 Å². The Labute approximate surface area is 121 Å². The highest BCUT2D eigenvalue weighted by Crippen LogP contribution is 2.31. The summed E-state index contributed by atoms with van der Waals surface area (Å²) in [5, 5.41) is 13.5. The van der Waals surface area contributed by atoms with E-state index in [0.717, 1.165) is 0 Å². The normalized spacial score (nSPS) is 21.9. The lowest BCUT2D eigenvalue weighted by Gasteiger charge is -2.20. The Bertz CT molecular complexity index is 739. The second-order valence-electron chi connectivity index (χ2n) is 5.69. The molecule has 1 aliphatic heterocycles. The summed E-state index contributed by atoms with van der Waals surface area (Å²) in [7, 11) is 0. The van der Waals surface area contributed by atoms with E-state index in [2.05, 4.69) is 10.1 Å². The standard InChI is InChI=1S/C14H16N4O3/c1-9-10(11-15-5-3-6-18(11)16-9)12(19)17-7-4-14(2,8-17)13(20)21/h3,5-6H,4,7-8H2,1-2H3,(H,20,21)/t14-/m1/s1. The number of carbonyl (C=O) groups excluding carboxylic acids is 1. The minimum absolute atomic E-state index is 0.203. The molecule has 21 heavy (non-hydrogen) atoms. The summed E-state index contributed by atoms with van der Waals surface area (Å²) >= 11 is 0. The van der Waals surface area contributed by atoms with E-state index in [1.807, 2.05) is 0 Å². The first-order valence-corrected chi connectivity index (χ1v) is 6.75. The van der Waals surface area contributed by atoms with Crippen LogP contribution in [-0.2, 0) is 4.79 Å². The predicted molar refractivity (Wildman–Crippen MR) is 74.0 cm³/mol. The van der Waals surface area contributed by atoms with Gasteiger partial charge < -0.3 is 10.0 Å². The van der Waals surface area contributed by atoms with E-state index in [0.29, 0.717) is 29.9 Å². The van der Waals surface area contributed by atoms with Gasteiger partial charge in [0.05, 0.1) is 11.1 Å². The quantitative estimate of drug-likeness (QED) is 0.889. The highest BCUT2D eigenvalue weighted by molar-refractivity contribution is 6.01. The molecule has 3 heterocycles. The van der Waals surface area contributed by atoms with Gasteiger partial charge in [-0.3, -0.25) is 9.59 Å². The Morgan fingerprint density at radius 3 is 2.86 bits per heavy atom. The van der Waals surface area contributed by atoms with Crippen LogP contribution in [0.5, 0.6) is 0 Å². The molecule has 1 atom stereocenters. The zero-order valence-corrected chi connectivity index (χ0v) is 11.9. The van der Waals surface area contributed by atoms with Crippen LogP contribution in [0, 0.1) is 12.3 Å². The third-order valence-electron chi connectivity index (χ3n) is 4.06. The Kier molecular flexibility index (Phi) is 2.93. The van der Waals surface area contributed by atoms with Gasteiger partial charge in [-0.25, -0.2) is 9.50 Å². The fourth-order valence-corrected chi connectivity index (χ4v) is 2.71. The molecule has 0 spiro atoms. The molecule has 7 nitrogen and oxygen atoms in total. The molecule has 2 aromatic heterocycles. The van der Waals surface area contributed by atoms with E-state index in [1.165, 1.54) is 0 Å². The van der Waals surface area contributed by atoms with Crippen LogP contribution < -0.4 is 0 Å². The topological polar surface area (TPSA) is 87.8 Å². The van der Waals surface area contributed by atoms with E-state index in [9.17, 15) is 14.7 Å². The van der Waals surface area contributed by atoms with Gasteiger partial charge >= 0.3 is 5.97 Å². The predicted octanol–water partition coefficient (Wildman–Crippen LogP) is 0.975. The molecule has 0 unspecified atom stereocenters. The number of carbonyl (C=O) groups is 2. The summed E-state index contributed by atoms with van der Waals surface area (Å²) in [5.41, 5.74) is 0.678. The number of fused-ring (bicyclic) bond motifs is 1. The van der Waals surface area contributed by atoms with Gasteiger partial charge in [0.15, 0.2) is 5.65 Å². The number of hydrogen-bond acceptors (Lipinski definition) is 4. The minimum Gasteiger partial charge on any atom is -0.481 e. The molecule has 1 saturated heterocycles. The van der Waals surface area contributed by atoms with Gasteiger partial charge in [0.25, 0.3) is 5.91 Å². The van der Waals surface area contributed by atoms with E-state index >= 15 is 0 Å². The number of aromatic nitrogens is 3. The summed E-state index contributed by atoms with van der Waals surface area (Å²) in [6.07, 6.45) is 3.80. The zero-order chi connectivity index (χ0) is 15.2. The third-order valence-corrected chi connectivity index (χ3v) is 4.06. The molecule has 0 aliphatic carbocycles. The molecule has 7 heteroatoms. The molecule has 1 fully saturated rings. The van der Waals surface area contributed by atoms with Crippen molar-refractivity contribution in [2.75, 3.05) is 13.1 Å². The number of aryl methyl sites for hydroxylation is 1. The number of likely N-dealkylation sites (tertiary alicyclic amines) is 1. The number of carboxylic acid groups (broad SMARTS) is 1. The number of rotatable bonds is 2. The van der Waals surface area contributed by atoms with Crippen LogP contribution in [0.4, 0.5) is 0 Å². The molecule has 0 saturated carbocycles. The maximum absolute atomic E-state index is 12.7. The molecular weight excluding hydrogens is 272 g/mol. The number of aliphatic carboxylic acids is 1. The monoisotopic (exact) mass is 288 g/mol. The van der Waals surface area contributed by atoms with E-state index in [4.69, 9.17) is 0 Å². The Morgan fingerprint density at radius 2 is 2.19 bits per heavy atom. The number of hydrogen-bond donors (Lipinski definition) is 1. The van der Waals surface area contributed by atoms with Crippen molar-refractivity contribution in [2.24, 2.45) is 5.41 Å². The molecule has 1 aliphatic rings. The van der Waals surface area contributed by atoms with Crippen molar-refractivity contribution < 1.29 is 14.7 Å². The Morgan fingerprint density at radius 1 is 1.43 bits per heavy atom. The number of nitrogens with zero attached hydrogens (tertiary/aromatic N) is 4. The van der Waals surface area contributed by atoms with Crippen molar-refractivity contribution >= 4 is 17.5 Å². The van der Waals surface area contributed by atoms with Crippen molar-refractivity contribution in [3.05, 3.63) is 29.7 Å². The van der Waals surface area contributed by atoms with Crippen LogP contribution >= 0.6 is 0 Å². The lowest BCUT2D eigenvalue weighted by molar-refractivity contribution is -0.147. The fraction of sp³-hybridized carbons (Fsp3) is 0.429.